The molecular formula is C18H30N4O2. The lowest BCUT2D eigenvalue weighted by atomic mass is 9.97. The van der Waals surface area contributed by atoms with Gasteiger partial charge in [-0.05, 0) is 56.6 Å². The summed E-state index contributed by atoms with van der Waals surface area (Å²) < 4.78 is 10.6. The fourth-order valence-electron chi connectivity index (χ4n) is 2.90. The largest absolute Gasteiger partial charge is 0.493 e. The first-order chi connectivity index (χ1) is 11.7. The zero-order valence-corrected chi connectivity index (χ0v) is 15.3. The molecule has 1 aliphatic heterocycles. The molecule has 1 aliphatic rings. The molecule has 0 radical (unpaired) electrons. The molecule has 2 rings (SSSR count). The van der Waals surface area contributed by atoms with E-state index in [2.05, 4.69) is 27.6 Å². The van der Waals surface area contributed by atoms with Crippen LogP contribution in [0.4, 0.5) is 0 Å². The number of nitrogens with zero attached hydrogens (tertiary/aromatic N) is 2. The molecular weight excluding hydrogens is 304 g/mol. The fraction of sp³-hybridized carbons (Fsp3) is 0.611. The van der Waals surface area contributed by atoms with Crippen molar-refractivity contribution in [2.45, 2.75) is 19.4 Å². The highest BCUT2D eigenvalue weighted by Gasteiger charge is 2.16. The van der Waals surface area contributed by atoms with Gasteiger partial charge in [-0.25, -0.2) is 0 Å². The van der Waals surface area contributed by atoms with Crippen molar-refractivity contribution in [2.75, 3.05) is 47.9 Å². The van der Waals surface area contributed by atoms with Crippen molar-refractivity contribution < 1.29 is 9.47 Å². The Morgan fingerprint density at radius 3 is 2.50 bits per heavy atom. The average Bonchev–Trinajstić information content (AvgIpc) is 2.63. The zero-order chi connectivity index (χ0) is 17.4. The Balaban J connectivity index is 1.81. The fourth-order valence-corrected chi connectivity index (χ4v) is 2.90. The lowest BCUT2D eigenvalue weighted by molar-refractivity contribution is 0.220. The van der Waals surface area contributed by atoms with Gasteiger partial charge in [0, 0.05) is 20.1 Å². The molecule has 0 bridgehead atoms. The summed E-state index contributed by atoms with van der Waals surface area (Å²) in [6.07, 6.45) is 2.49. The predicted molar refractivity (Wildman–Crippen MR) is 98.0 cm³/mol. The standard InChI is InChI=1S/C18H30N4O2/c1-19-18(20-12-14-7-9-22(2)10-8-14)21-13-15-5-6-16(23-3)17(11-15)24-4/h5-6,11,14H,7-10,12-13H2,1-4H3,(H2,19,20,21). The Kier molecular flexibility index (Phi) is 7.18. The van der Waals surface area contributed by atoms with Gasteiger partial charge in [-0.15, -0.1) is 0 Å². The van der Waals surface area contributed by atoms with Crippen LogP contribution < -0.4 is 20.1 Å². The molecule has 6 nitrogen and oxygen atoms in total. The van der Waals surface area contributed by atoms with Crippen LogP contribution in [0.3, 0.4) is 0 Å². The van der Waals surface area contributed by atoms with E-state index >= 15 is 0 Å². The van der Waals surface area contributed by atoms with Crippen LogP contribution in [-0.4, -0.2) is 58.8 Å². The van der Waals surface area contributed by atoms with Crippen molar-refractivity contribution in [3.05, 3.63) is 23.8 Å². The Morgan fingerprint density at radius 1 is 1.17 bits per heavy atom. The first-order valence-corrected chi connectivity index (χ1v) is 8.50. The Hall–Kier alpha value is -1.95. The number of guanidine groups is 1. The molecule has 0 atom stereocenters. The summed E-state index contributed by atoms with van der Waals surface area (Å²) in [6.45, 7) is 4.03. The number of benzene rings is 1. The molecule has 0 aromatic heterocycles. The van der Waals surface area contributed by atoms with Gasteiger partial charge in [0.25, 0.3) is 0 Å². The van der Waals surface area contributed by atoms with Gasteiger partial charge in [-0.1, -0.05) is 6.07 Å². The van der Waals surface area contributed by atoms with Crippen LogP contribution in [-0.2, 0) is 6.54 Å². The molecule has 2 N–H and O–H groups in total. The highest BCUT2D eigenvalue weighted by Crippen LogP contribution is 2.27. The first-order valence-electron chi connectivity index (χ1n) is 8.50. The number of piperidine rings is 1. The molecule has 0 aliphatic carbocycles. The van der Waals surface area contributed by atoms with Crippen molar-refractivity contribution in [1.29, 1.82) is 0 Å². The molecule has 6 heteroatoms. The zero-order valence-electron chi connectivity index (χ0n) is 15.3. The quantitative estimate of drug-likeness (QED) is 0.613. The van der Waals surface area contributed by atoms with E-state index in [4.69, 9.17) is 9.47 Å². The minimum Gasteiger partial charge on any atom is -0.493 e. The van der Waals surface area contributed by atoms with Gasteiger partial charge in [0.2, 0.25) is 0 Å². The van der Waals surface area contributed by atoms with Gasteiger partial charge in [-0.2, -0.15) is 0 Å². The molecule has 1 aromatic rings. The molecule has 134 valence electrons. The summed E-state index contributed by atoms with van der Waals surface area (Å²) in [5.41, 5.74) is 1.12. The van der Waals surface area contributed by atoms with E-state index < -0.39 is 0 Å². The summed E-state index contributed by atoms with van der Waals surface area (Å²) in [7, 11) is 7.29. The number of nitrogens with one attached hydrogen (secondary N) is 2. The minimum absolute atomic E-state index is 0.688. The highest BCUT2D eigenvalue weighted by molar-refractivity contribution is 5.79. The number of hydrogen-bond donors (Lipinski definition) is 2. The minimum atomic E-state index is 0.688. The van der Waals surface area contributed by atoms with E-state index in [9.17, 15) is 0 Å². The van der Waals surface area contributed by atoms with E-state index in [1.165, 1.54) is 25.9 Å². The highest BCUT2D eigenvalue weighted by atomic mass is 16.5. The summed E-state index contributed by atoms with van der Waals surface area (Å²) in [5.74, 6) is 3.04. The molecule has 1 fully saturated rings. The summed E-state index contributed by atoms with van der Waals surface area (Å²) >= 11 is 0. The van der Waals surface area contributed by atoms with E-state index in [0.717, 1.165) is 35.5 Å². The van der Waals surface area contributed by atoms with Crippen LogP contribution in [0.25, 0.3) is 0 Å². The normalized spacial score (nSPS) is 16.8. The van der Waals surface area contributed by atoms with Crippen molar-refractivity contribution in [2.24, 2.45) is 10.9 Å². The third-order valence-electron chi connectivity index (χ3n) is 4.53. The molecule has 1 heterocycles. The third kappa shape index (κ3) is 5.30. The van der Waals surface area contributed by atoms with Crippen molar-refractivity contribution in [3.63, 3.8) is 0 Å². The van der Waals surface area contributed by atoms with Crippen LogP contribution in [0.15, 0.2) is 23.2 Å². The SMILES string of the molecule is CN=C(NCc1ccc(OC)c(OC)c1)NCC1CCN(C)CC1. The second kappa shape index (κ2) is 9.37. The van der Waals surface area contributed by atoms with Gasteiger partial charge in [0.15, 0.2) is 17.5 Å². The van der Waals surface area contributed by atoms with Crippen LogP contribution in [0, 0.1) is 5.92 Å². The van der Waals surface area contributed by atoms with E-state index in [0.29, 0.717) is 6.54 Å². The van der Waals surface area contributed by atoms with Gasteiger partial charge < -0.3 is 25.0 Å². The maximum Gasteiger partial charge on any atom is 0.191 e. The van der Waals surface area contributed by atoms with Gasteiger partial charge >= 0.3 is 0 Å². The summed E-state index contributed by atoms with van der Waals surface area (Å²) in [6, 6.07) is 5.93. The smallest absolute Gasteiger partial charge is 0.191 e. The Labute approximate surface area is 145 Å². The van der Waals surface area contributed by atoms with E-state index in [-0.39, 0.29) is 0 Å². The topological polar surface area (TPSA) is 58.1 Å². The number of hydrogen-bond acceptors (Lipinski definition) is 4. The average molecular weight is 334 g/mol. The van der Waals surface area contributed by atoms with Gasteiger partial charge in [0.05, 0.1) is 14.2 Å². The van der Waals surface area contributed by atoms with Crippen LogP contribution in [0.5, 0.6) is 11.5 Å². The molecule has 0 unspecified atom stereocenters. The lowest BCUT2D eigenvalue weighted by Gasteiger charge is -2.29. The number of methoxy groups -OCH3 is 2. The maximum absolute atomic E-state index is 5.34. The molecule has 1 saturated heterocycles. The van der Waals surface area contributed by atoms with Crippen LogP contribution in [0.1, 0.15) is 18.4 Å². The van der Waals surface area contributed by atoms with Crippen LogP contribution in [0.2, 0.25) is 0 Å². The summed E-state index contributed by atoms with van der Waals surface area (Å²) in [5, 5.41) is 6.79. The van der Waals surface area contributed by atoms with E-state index in [1.54, 1.807) is 21.3 Å². The molecule has 1 aromatic carbocycles. The number of likely N-dealkylation sites (tertiary alicyclic amines) is 1. The number of aliphatic imine (C=N–C) groups is 1. The lowest BCUT2D eigenvalue weighted by Crippen LogP contribution is -2.42. The summed E-state index contributed by atoms with van der Waals surface area (Å²) in [4.78, 5) is 6.70. The van der Waals surface area contributed by atoms with Crippen molar-refractivity contribution in [1.82, 2.24) is 15.5 Å². The van der Waals surface area contributed by atoms with Gasteiger partial charge in [0.1, 0.15) is 0 Å². The second-order valence-electron chi connectivity index (χ2n) is 6.24. The van der Waals surface area contributed by atoms with Crippen molar-refractivity contribution in [3.8, 4) is 11.5 Å². The third-order valence-corrected chi connectivity index (χ3v) is 4.53. The number of rotatable bonds is 6. The predicted octanol–water partition coefficient (Wildman–Crippen LogP) is 1.71. The molecule has 0 saturated carbocycles. The maximum atomic E-state index is 5.34. The monoisotopic (exact) mass is 334 g/mol. The Bertz CT molecular complexity index is 540. The molecule has 0 amide bonds. The van der Waals surface area contributed by atoms with Gasteiger partial charge in [-0.3, -0.25) is 4.99 Å². The molecule has 24 heavy (non-hydrogen) atoms. The first kappa shape index (κ1) is 18.4. The van der Waals surface area contributed by atoms with Crippen LogP contribution >= 0.6 is 0 Å². The van der Waals surface area contributed by atoms with Crippen molar-refractivity contribution >= 4 is 5.96 Å². The molecule has 0 spiro atoms. The second-order valence-corrected chi connectivity index (χ2v) is 6.24. The Morgan fingerprint density at radius 2 is 1.88 bits per heavy atom. The van der Waals surface area contributed by atoms with E-state index in [1.807, 2.05) is 18.2 Å². The number of ether oxygens (including phenoxy) is 2.